The molecular weight excluding hydrogens is 488 g/mol. The average molecular weight is 520 g/mol. The minimum absolute atomic E-state index is 0.120. The third-order valence-electron chi connectivity index (χ3n) is 6.20. The molecule has 0 spiro atoms. The molecule has 8 heteroatoms. The van der Waals surface area contributed by atoms with E-state index in [1.54, 1.807) is 28.8 Å². The van der Waals surface area contributed by atoms with Gasteiger partial charge in [0.05, 0.1) is 30.6 Å². The van der Waals surface area contributed by atoms with Crippen LogP contribution in [-0.2, 0) is 13.0 Å². The number of hydrogen-bond donors (Lipinski definition) is 0. The highest BCUT2D eigenvalue weighted by Crippen LogP contribution is 2.34. The fourth-order valence-electron chi connectivity index (χ4n) is 4.18. The number of amides is 1. The van der Waals surface area contributed by atoms with Crippen LogP contribution in [0.1, 0.15) is 47.4 Å². The summed E-state index contributed by atoms with van der Waals surface area (Å²) in [6.45, 7) is 6.64. The number of aryl methyl sites for hydroxylation is 2. The van der Waals surface area contributed by atoms with Crippen LogP contribution in [0.4, 0.5) is 8.78 Å². The van der Waals surface area contributed by atoms with Gasteiger partial charge in [-0.3, -0.25) is 4.79 Å². The van der Waals surface area contributed by atoms with Crippen molar-refractivity contribution in [3.63, 3.8) is 0 Å². The molecule has 0 unspecified atom stereocenters. The van der Waals surface area contributed by atoms with Crippen LogP contribution >= 0.6 is 0 Å². The lowest BCUT2D eigenvalue weighted by atomic mass is 10.1. The normalized spacial score (nSPS) is 10.9. The molecule has 1 amide bonds. The van der Waals surface area contributed by atoms with Crippen LogP contribution in [0.2, 0.25) is 0 Å². The van der Waals surface area contributed by atoms with Crippen molar-refractivity contribution in [2.24, 2.45) is 0 Å². The van der Waals surface area contributed by atoms with E-state index in [0.717, 1.165) is 24.1 Å². The van der Waals surface area contributed by atoms with E-state index in [2.05, 4.69) is 0 Å². The summed E-state index contributed by atoms with van der Waals surface area (Å²) >= 11 is 0. The summed E-state index contributed by atoms with van der Waals surface area (Å²) in [4.78, 5) is 15.2. The smallest absolute Gasteiger partial charge is 0.254 e. The summed E-state index contributed by atoms with van der Waals surface area (Å²) in [5, 5.41) is 4.77. The van der Waals surface area contributed by atoms with Crippen molar-refractivity contribution in [2.75, 3.05) is 13.7 Å². The summed E-state index contributed by atoms with van der Waals surface area (Å²) in [7, 11) is 1.58. The number of hydrogen-bond acceptors (Lipinski definition) is 4. The van der Waals surface area contributed by atoms with Crippen molar-refractivity contribution in [2.45, 2.75) is 40.2 Å². The fourth-order valence-corrected chi connectivity index (χ4v) is 4.18. The Bertz CT molecular complexity index is 1400. The molecule has 198 valence electrons. The highest BCUT2D eigenvalue weighted by atomic mass is 19.1. The molecule has 0 saturated heterocycles. The Labute approximate surface area is 221 Å². The van der Waals surface area contributed by atoms with Crippen molar-refractivity contribution in [1.82, 2.24) is 14.7 Å². The molecule has 0 radical (unpaired) electrons. The Balaban J connectivity index is 1.81. The van der Waals surface area contributed by atoms with E-state index in [9.17, 15) is 13.6 Å². The summed E-state index contributed by atoms with van der Waals surface area (Å²) in [6.07, 6.45) is 1.30. The summed E-state index contributed by atoms with van der Waals surface area (Å²) in [5.74, 6) is -0.873. The minimum Gasteiger partial charge on any atom is -0.497 e. The van der Waals surface area contributed by atoms with Gasteiger partial charge in [-0.1, -0.05) is 31.5 Å². The molecule has 0 atom stereocenters. The molecule has 0 saturated carbocycles. The molecule has 38 heavy (non-hydrogen) atoms. The summed E-state index contributed by atoms with van der Waals surface area (Å²) in [5.41, 5.74) is 3.67. The highest BCUT2D eigenvalue weighted by molar-refractivity contribution is 5.94. The van der Waals surface area contributed by atoms with Gasteiger partial charge in [0, 0.05) is 18.2 Å². The van der Waals surface area contributed by atoms with Crippen molar-refractivity contribution in [3.05, 3.63) is 101 Å². The van der Waals surface area contributed by atoms with Crippen molar-refractivity contribution >= 4 is 5.91 Å². The molecule has 4 rings (SSSR count). The van der Waals surface area contributed by atoms with Crippen LogP contribution in [0.25, 0.3) is 5.69 Å². The molecule has 3 aromatic carbocycles. The first-order valence-electron chi connectivity index (χ1n) is 12.6. The number of halogens is 2. The zero-order valence-corrected chi connectivity index (χ0v) is 22.0. The fraction of sp³-hybridized carbons (Fsp3) is 0.267. The summed E-state index contributed by atoms with van der Waals surface area (Å²) < 4.78 is 41.2. The van der Waals surface area contributed by atoms with Gasteiger partial charge >= 0.3 is 0 Å². The van der Waals surface area contributed by atoms with E-state index in [1.165, 1.54) is 6.07 Å². The Hall–Kier alpha value is -4.20. The zero-order valence-electron chi connectivity index (χ0n) is 22.0. The van der Waals surface area contributed by atoms with Crippen LogP contribution < -0.4 is 9.47 Å². The van der Waals surface area contributed by atoms with Crippen LogP contribution in [0.5, 0.6) is 17.4 Å². The largest absolute Gasteiger partial charge is 0.497 e. The molecule has 0 aliphatic rings. The van der Waals surface area contributed by atoms with E-state index in [-0.39, 0.29) is 24.1 Å². The highest BCUT2D eigenvalue weighted by Gasteiger charge is 2.26. The Morgan fingerprint density at radius 3 is 2.32 bits per heavy atom. The van der Waals surface area contributed by atoms with Crippen LogP contribution in [0.3, 0.4) is 0 Å². The zero-order chi connectivity index (χ0) is 27.2. The maximum atomic E-state index is 14.7. The van der Waals surface area contributed by atoms with Gasteiger partial charge < -0.3 is 14.4 Å². The van der Waals surface area contributed by atoms with Gasteiger partial charge in [-0.15, -0.1) is 0 Å². The van der Waals surface area contributed by atoms with E-state index in [0.29, 0.717) is 41.2 Å². The molecule has 1 aromatic heterocycles. The van der Waals surface area contributed by atoms with Gasteiger partial charge in [0.1, 0.15) is 11.6 Å². The molecule has 4 aromatic rings. The number of aromatic nitrogens is 2. The monoisotopic (exact) mass is 519 g/mol. The molecular formula is C30H31F2N3O3. The maximum Gasteiger partial charge on any atom is 0.254 e. The van der Waals surface area contributed by atoms with Crippen molar-refractivity contribution in [1.29, 1.82) is 0 Å². The van der Waals surface area contributed by atoms with Gasteiger partial charge in [0.2, 0.25) is 5.88 Å². The average Bonchev–Trinajstić information content (AvgIpc) is 3.26. The number of carbonyl (C=O) groups is 1. The lowest BCUT2D eigenvalue weighted by molar-refractivity contribution is 0.0742. The quantitative estimate of drug-likeness (QED) is 0.229. The number of nitrogens with zero attached hydrogens (tertiary/aromatic N) is 3. The number of carbonyl (C=O) groups excluding carboxylic acids is 1. The van der Waals surface area contributed by atoms with Crippen molar-refractivity contribution < 1.29 is 23.0 Å². The van der Waals surface area contributed by atoms with E-state index in [4.69, 9.17) is 14.6 Å². The lowest BCUT2D eigenvalue weighted by Crippen LogP contribution is -2.31. The predicted octanol–water partition coefficient (Wildman–Crippen LogP) is 6.87. The van der Waals surface area contributed by atoms with E-state index >= 15 is 0 Å². The molecule has 0 N–H and O–H groups in total. The van der Waals surface area contributed by atoms with Gasteiger partial charge in [-0.05, 0) is 68.3 Å². The minimum atomic E-state index is -0.836. The van der Waals surface area contributed by atoms with Gasteiger partial charge in [-0.25, -0.2) is 13.5 Å². The van der Waals surface area contributed by atoms with Crippen LogP contribution in [0, 0.1) is 18.6 Å². The van der Waals surface area contributed by atoms with Gasteiger partial charge in [-0.2, -0.15) is 5.10 Å². The SMILES string of the molecule is CCCN(Cc1c(CC)nn(-c2ccc(OC)cc2)c1Oc1ccc(F)cc1F)C(=O)c1ccc(C)cc1. The second-order valence-corrected chi connectivity index (χ2v) is 8.96. The van der Waals surface area contributed by atoms with Gasteiger partial charge in [0.25, 0.3) is 5.91 Å². The Morgan fingerprint density at radius 1 is 1.00 bits per heavy atom. The third kappa shape index (κ3) is 5.85. The third-order valence-corrected chi connectivity index (χ3v) is 6.20. The van der Waals surface area contributed by atoms with Gasteiger partial charge in [0.15, 0.2) is 11.6 Å². The first kappa shape index (κ1) is 26.9. The molecule has 0 bridgehead atoms. The second-order valence-electron chi connectivity index (χ2n) is 8.96. The number of benzene rings is 3. The topological polar surface area (TPSA) is 56.6 Å². The van der Waals surface area contributed by atoms with Crippen LogP contribution in [0.15, 0.2) is 66.7 Å². The Morgan fingerprint density at radius 2 is 1.71 bits per heavy atom. The lowest BCUT2D eigenvalue weighted by Gasteiger charge is -2.23. The molecule has 0 aliphatic carbocycles. The number of methoxy groups -OCH3 is 1. The van der Waals surface area contributed by atoms with Crippen LogP contribution in [-0.4, -0.2) is 34.2 Å². The molecule has 1 heterocycles. The predicted molar refractivity (Wildman–Crippen MR) is 142 cm³/mol. The summed E-state index contributed by atoms with van der Waals surface area (Å²) in [6, 6.07) is 17.8. The number of rotatable bonds is 10. The van der Waals surface area contributed by atoms with E-state index < -0.39 is 11.6 Å². The maximum absolute atomic E-state index is 14.7. The standard InChI is InChI=1S/C30H31F2N3O3/c1-5-17-34(29(36)21-9-7-20(3)8-10-21)19-25-27(6-2)33-35(23-12-14-24(37-4)15-13-23)30(25)38-28-16-11-22(31)18-26(28)32/h7-16,18H,5-6,17,19H2,1-4H3. The molecule has 0 aliphatic heterocycles. The van der Waals surface area contributed by atoms with Crippen molar-refractivity contribution in [3.8, 4) is 23.1 Å². The first-order valence-corrected chi connectivity index (χ1v) is 12.6. The molecule has 0 fully saturated rings. The second kappa shape index (κ2) is 11.9. The number of ether oxygens (including phenoxy) is 2. The van der Waals surface area contributed by atoms with E-state index in [1.807, 2.05) is 57.2 Å². The first-order chi connectivity index (χ1) is 18.3. The Kier molecular flexibility index (Phi) is 8.41. The molecule has 6 nitrogen and oxygen atoms in total.